The summed E-state index contributed by atoms with van der Waals surface area (Å²) in [5.41, 5.74) is 7.36. The number of carboxylic acid groups (broad SMARTS) is 1. The lowest BCUT2D eigenvalue weighted by molar-refractivity contribution is -0.143. The van der Waals surface area contributed by atoms with E-state index in [1.807, 2.05) is 24.3 Å². The lowest BCUT2D eigenvalue weighted by Gasteiger charge is -2.14. The predicted octanol–water partition coefficient (Wildman–Crippen LogP) is 3.71. The van der Waals surface area contributed by atoms with E-state index in [1.165, 1.54) is 16.7 Å². The Morgan fingerprint density at radius 1 is 1.09 bits per heavy atom. The van der Waals surface area contributed by atoms with Crippen LogP contribution >= 0.6 is 0 Å². The number of carbonyl (C=O) groups excluding carboxylic acids is 2. The molecular weight excluding hydrogens is 448 g/mol. The molecule has 9 nitrogen and oxygen atoms in total. The zero-order valence-corrected chi connectivity index (χ0v) is 20.6. The van der Waals surface area contributed by atoms with Crippen LogP contribution in [0, 0.1) is 27.7 Å². The summed E-state index contributed by atoms with van der Waals surface area (Å²) in [6.45, 7) is 8.80. The molecule has 0 atom stereocenters. The minimum Gasteiger partial charge on any atom is -0.481 e. The topological polar surface area (TPSA) is 122 Å². The number of hydrogen-bond donors (Lipinski definition) is 3. The number of aliphatic carboxylic acids is 1. The molecule has 1 aromatic carbocycles. The Balaban J connectivity index is 1.68. The highest BCUT2D eigenvalue weighted by Gasteiger charge is 2.15. The molecule has 0 saturated heterocycles. The van der Waals surface area contributed by atoms with E-state index in [-0.39, 0.29) is 38.3 Å². The van der Waals surface area contributed by atoms with Crippen molar-refractivity contribution < 1.29 is 24.2 Å². The van der Waals surface area contributed by atoms with E-state index in [1.54, 1.807) is 12.3 Å². The molecule has 0 bridgehead atoms. The summed E-state index contributed by atoms with van der Waals surface area (Å²) in [5, 5.41) is 14.8. The lowest BCUT2D eigenvalue weighted by Crippen LogP contribution is -2.28. The molecule has 3 aromatic rings. The van der Waals surface area contributed by atoms with Gasteiger partial charge in [-0.25, -0.2) is 4.98 Å². The second-order valence-corrected chi connectivity index (χ2v) is 8.57. The number of rotatable bonds is 11. The van der Waals surface area contributed by atoms with E-state index in [4.69, 9.17) is 9.84 Å². The van der Waals surface area contributed by atoms with Crippen molar-refractivity contribution in [2.24, 2.45) is 0 Å². The Hall–Kier alpha value is -3.88. The van der Waals surface area contributed by atoms with Gasteiger partial charge in [0.2, 0.25) is 0 Å². The SMILES string of the molecule is Cc1cccc(C)c1CNc1cc(C(=O)NCCOC(=O)CCCC(=O)O)cn2c(C)c(C)nc12. The van der Waals surface area contributed by atoms with Crippen LogP contribution in [0.2, 0.25) is 0 Å². The highest BCUT2D eigenvalue weighted by Crippen LogP contribution is 2.24. The molecular formula is C26H32N4O5. The number of imidazole rings is 1. The molecule has 0 fully saturated rings. The number of aromatic nitrogens is 2. The Morgan fingerprint density at radius 2 is 1.80 bits per heavy atom. The van der Waals surface area contributed by atoms with E-state index >= 15 is 0 Å². The van der Waals surface area contributed by atoms with Gasteiger partial charge < -0.3 is 24.9 Å². The summed E-state index contributed by atoms with van der Waals surface area (Å²) in [4.78, 5) is 39.7. The lowest BCUT2D eigenvalue weighted by atomic mass is 10.0. The maximum atomic E-state index is 12.9. The van der Waals surface area contributed by atoms with Crippen LogP contribution in [-0.4, -0.2) is 45.5 Å². The van der Waals surface area contributed by atoms with E-state index < -0.39 is 11.9 Å². The van der Waals surface area contributed by atoms with Gasteiger partial charge in [-0.1, -0.05) is 18.2 Å². The number of carboxylic acids is 1. The second-order valence-electron chi connectivity index (χ2n) is 8.57. The number of aryl methyl sites for hydroxylation is 4. The Labute approximate surface area is 204 Å². The molecule has 35 heavy (non-hydrogen) atoms. The van der Waals surface area contributed by atoms with Crippen LogP contribution in [-0.2, 0) is 20.9 Å². The van der Waals surface area contributed by atoms with Crippen molar-refractivity contribution in [1.29, 1.82) is 0 Å². The van der Waals surface area contributed by atoms with Crippen LogP contribution in [0.4, 0.5) is 5.69 Å². The molecule has 0 unspecified atom stereocenters. The largest absolute Gasteiger partial charge is 0.481 e. The van der Waals surface area contributed by atoms with Gasteiger partial charge >= 0.3 is 11.9 Å². The molecule has 9 heteroatoms. The van der Waals surface area contributed by atoms with Gasteiger partial charge in [0.15, 0.2) is 5.65 Å². The van der Waals surface area contributed by atoms with Crippen LogP contribution in [0.25, 0.3) is 5.65 Å². The normalized spacial score (nSPS) is 10.9. The Morgan fingerprint density at radius 3 is 2.49 bits per heavy atom. The van der Waals surface area contributed by atoms with Gasteiger partial charge in [0.05, 0.1) is 23.5 Å². The predicted molar refractivity (Wildman–Crippen MR) is 133 cm³/mol. The monoisotopic (exact) mass is 480 g/mol. The van der Waals surface area contributed by atoms with E-state index in [0.29, 0.717) is 12.1 Å². The second kappa shape index (κ2) is 11.5. The molecule has 2 aromatic heterocycles. The molecule has 0 spiro atoms. The average molecular weight is 481 g/mol. The summed E-state index contributed by atoms with van der Waals surface area (Å²) in [6.07, 6.45) is 1.93. The molecule has 1 amide bonds. The number of nitrogens with one attached hydrogen (secondary N) is 2. The molecule has 0 saturated carbocycles. The summed E-state index contributed by atoms with van der Waals surface area (Å²) < 4.78 is 6.96. The molecule has 0 aliphatic carbocycles. The summed E-state index contributed by atoms with van der Waals surface area (Å²) in [5.74, 6) is -1.73. The first-order valence-electron chi connectivity index (χ1n) is 11.6. The maximum Gasteiger partial charge on any atom is 0.305 e. The fourth-order valence-corrected chi connectivity index (χ4v) is 3.82. The van der Waals surface area contributed by atoms with Crippen LogP contribution in [0.15, 0.2) is 30.5 Å². The van der Waals surface area contributed by atoms with Crippen molar-refractivity contribution in [3.63, 3.8) is 0 Å². The number of esters is 1. The van der Waals surface area contributed by atoms with Crippen LogP contribution in [0.5, 0.6) is 0 Å². The van der Waals surface area contributed by atoms with Gasteiger partial charge in [-0.3, -0.25) is 14.4 Å². The molecule has 0 radical (unpaired) electrons. The van der Waals surface area contributed by atoms with Gasteiger partial charge in [-0.15, -0.1) is 0 Å². The Bertz CT molecular complexity index is 1230. The molecule has 3 rings (SSSR count). The number of hydrogen-bond acceptors (Lipinski definition) is 6. The van der Waals surface area contributed by atoms with Crippen molar-refractivity contribution in [2.45, 2.75) is 53.5 Å². The third kappa shape index (κ3) is 6.59. The number of benzene rings is 1. The molecule has 2 heterocycles. The molecule has 0 aliphatic rings. The van der Waals surface area contributed by atoms with Crippen molar-refractivity contribution in [2.75, 3.05) is 18.5 Å². The Kier molecular flexibility index (Phi) is 8.46. The maximum absolute atomic E-state index is 12.9. The number of ether oxygens (including phenoxy) is 1. The van der Waals surface area contributed by atoms with Gasteiger partial charge in [0.1, 0.15) is 6.61 Å². The van der Waals surface area contributed by atoms with Gasteiger partial charge in [0.25, 0.3) is 5.91 Å². The average Bonchev–Trinajstić information content (AvgIpc) is 3.09. The van der Waals surface area contributed by atoms with Crippen molar-refractivity contribution >= 4 is 29.2 Å². The van der Waals surface area contributed by atoms with Gasteiger partial charge in [-0.2, -0.15) is 0 Å². The van der Waals surface area contributed by atoms with E-state index in [0.717, 1.165) is 22.7 Å². The first kappa shape index (κ1) is 25.7. The third-order valence-corrected chi connectivity index (χ3v) is 5.98. The fraction of sp³-hybridized carbons (Fsp3) is 0.385. The van der Waals surface area contributed by atoms with Crippen molar-refractivity contribution in [1.82, 2.24) is 14.7 Å². The first-order chi connectivity index (χ1) is 16.7. The minimum atomic E-state index is -0.951. The van der Waals surface area contributed by atoms with E-state index in [9.17, 15) is 14.4 Å². The molecule has 3 N–H and O–H groups in total. The van der Waals surface area contributed by atoms with Crippen LogP contribution < -0.4 is 10.6 Å². The number of anilines is 1. The summed E-state index contributed by atoms with van der Waals surface area (Å²) >= 11 is 0. The number of nitrogens with zero attached hydrogens (tertiary/aromatic N) is 2. The standard InChI is InChI=1S/C26H32N4O5/c1-16-7-5-8-17(2)21(16)14-28-22-13-20(15-30-19(4)18(3)29-25(22)30)26(34)27-11-12-35-24(33)10-6-9-23(31)32/h5,7-8,13,15,28H,6,9-12,14H2,1-4H3,(H,27,34)(H,31,32). The fourth-order valence-electron chi connectivity index (χ4n) is 3.82. The summed E-state index contributed by atoms with van der Waals surface area (Å²) in [6, 6.07) is 7.96. The number of fused-ring (bicyclic) bond motifs is 1. The quantitative estimate of drug-likeness (QED) is 0.282. The number of pyridine rings is 1. The van der Waals surface area contributed by atoms with Gasteiger partial charge in [0, 0.05) is 31.3 Å². The highest BCUT2D eigenvalue weighted by atomic mass is 16.5. The molecule has 186 valence electrons. The smallest absolute Gasteiger partial charge is 0.305 e. The number of amides is 1. The highest BCUT2D eigenvalue weighted by molar-refractivity contribution is 5.96. The van der Waals surface area contributed by atoms with E-state index in [2.05, 4.69) is 41.6 Å². The third-order valence-electron chi connectivity index (χ3n) is 5.98. The van der Waals surface area contributed by atoms with Crippen LogP contribution in [0.1, 0.15) is 57.7 Å². The van der Waals surface area contributed by atoms with Gasteiger partial charge in [-0.05, 0) is 56.9 Å². The van der Waals surface area contributed by atoms with Crippen molar-refractivity contribution in [3.05, 3.63) is 64.1 Å². The zero-order chi connectivity index (χ0) is 25.5. The van der Waals surface area contributed by atoms with Crippen molar-refractivity contribution in [3.8, 4) is 0 Å². The van der Waals surface area contributed by atoms with Crippen LogP contribution in [0.3, 0.4) is 0 Å². The summed E-state index contributed by atoms with van der Waals surface area (Å²) in [7, 11) is 0. The minimum absolute atomic E-state index is 0.0147. The number of carbonyl (C=O) groups is 3. The first-order valence-corrected chi connectivity index (χ1v) is 11.6. The zero-order valence-electron chi connectivity index (χ0n) is 20.6. The molecule has 0 aliphatic heterocycles.